The maximum absolute atomic E-state index is 12.1. The lowest BCUT2D eigenvalue weighted by atomic mass is 9.95. The third-order valence-corrected chi connectivity index (χ3v) is 2.75. The minimum Gasteiger partial charge on any atom is -0.305 e. The quantitative estimate of drug-likeness (QED) is 0.829. The van der Waals surface area contributed by atoms with E-state index in [0.29, 0.717) is 0 Å². The fraction of sp³-hybridized carbons (Fsp3) is 0.538. The number of aryl methyl sites for hydroxylation is 3. The number of nitrogens with one attached hydrogen (secondary N) is 1. The molecule has 1 N–H and O–H groups in total. The Labute approximate surface area is 95.9 Å². The van der Waals surface area contributed by atoms with E-state index in [9.17, 15) is 8.78 Å². The lowest BCUT2D eigenvalue weighted by Gasteiger charge is -2.19. The third-order valence-electron chi connectivity index (χ3n) is 2.75. The topological polar surface area (TPSA) is 12.0 Å². The first-order valence-electron chi connectivity index (χ1n) is 5.51. The van der Waals surface area contributed by atoms with E-state index < -0.39 is 6.43 Å². The van der Waals surface area contributed by atoms with Gasteiger partial charge in [0.25, 0.3) is 6.43 Å². The summed E-state index contributed by atoms with van der Waals surface area (Å²) >= 11 is 0. The van der Waals surface area contributed by atoms with E-state index in [-0.39, 0.29) is 12.6 Å². The predicted octanol–water partition coefficient (Wildman–Crippen LogP) is 3.53. The van der Waals surface area contributed by atoms with Gasteiger partial charge >= 0.3 is 0 Å². The van der Waals surface area contributed by atoms with E-state index in [2.05, 4.69) is 17.4 Å². The number of hydrogen-bond acceptors (Lipinski definition) is 1. The second-order valence-electron chi connectivity index (χ2n) is 4.33. The predicted molar refractivity (Wildman–Crippen MR) is 63.1 cm³/mol. The van der Waals surface area contributed by atoms with Gasteiger partial charge in [-0.15, -0.1) is 0 Å². The Morgan fingerprint density at radius 1 is 1.12 bits per heavy atom. The molecule has 0 bridgehead atoms. The number of benzene rings is 1. The number of alkyl halides is 2. The molecule has 0 radical (unpaired) electrons. The fourth-order valence-electron chi connectivity index (χ4n) is 2.24. The largest absolute Gasteiger partial charge is 0.305 e. The zero-order valence-electron chi connectivity index (χ0n) is 10.3. The molecule has 90 valence electrons. The van der Waals surface area contributed by atoms with Crippen LogP contribution < -0.4 is 5.32 Å². The van der Waals surface area contributed by atoms with Gasteiger partial charge in [-0.1, -0.05) is 17.7 Å². The van der Waals surface area contributed by atoms with E-state index in [0.717, 1.165) is 16.7 Å². The molecule has 1 nitrogen and oxygen atoms in total. The molecule has 1 aromatic rings. The van der Waals surface area contributed by atoms with E-state index in [1.165, 1.54) is 5.56 Å². The maximum atomic E-state index is 12.1. The standard InChI is InChI=1S/C13H19F2N/c1-8-5-9(2)13(10(3)6-8)11(4)16-7-12(14)15/h5-6,11-12,16H,7H2,1-4H3. The molecule has 3 heteroatoms. The molecule has 0 spiro atoms. The average Bonchev–Trinajstić information content (AvgIpc) is 2.12. The van der Waals surface area contributed by atoms with Crippen LogP contribution in [0.15, 0.2) is 12.1 Å². The summed E-state index contributed by atoms with van der Waals surface area (Å²) in [6, 6.07) is 4.14. The zero-order valence-corrected chi connectivity index (χ0v) is 10.3. The number of hydrogen-bond donors (Lipinski definition) is 1. The summed E-state index contributed by atoms with van der Waals surface area (Å²) in [5.41, 5.74) is 4.66. The van der Waals surface area contributed by atoms with Crippen LogP contribution in [-0.2, 0) is 0 Å². The van der Waals surface area contributed by atoms with Gasteiger partial charge in [-0.2, -0.15) is 0 Å². The molecule has 1 rings (SSSR count). The normalized spacial score (nSPS) is 13.2. The SMILES string of the molecule is Cc1cc(C)c(C(C)NCC(F)F)c(C)c1. The van der Waals surface area contributed by atoms with Gasteiger partial charge in [-0.3, -0.25) is 0 Å². The Morgan fingerprint density at radius 3 is 2.06 bits per heavy atom. The van der Waals surface area contributed by atoms with Crippen LogP contribution in [0.25, 0.3) is 0 Å². The molecule has 1 atom stereocenters. The fourth-order valence-corrected chi connectivity index (χ4v) is 2.24. The zero-order chi connectivity index (χ0) is 12.3. The van der Waals surface area contributed by atoms with Crippen molar-refractivity contribution in [3.8, 4) is 0 Å². The number of rotatable bonds is 4. The molecular weight excluding hydrogens is 208 g/mol. The minimum absolute atomic E-state index is 0.0328. The molecular formula is C13H19F2N. The molecule has 1 aromatic carbocycles. The molecule has 0 aliphatic heterocycles. The van der Waals surface area contributed by atoms with Crippen LogP contribution in [0.3, 0.4) is 0 Å². The summed E-state index contributed by atoms with van der Waals surface area (Å²) < 4.78 is 24.2. The molecule has 0 saturated heterocycles. The van der Waals surface area contributed by atoms with Crippen molar-refractivity contribution in [1.29, 1.82) is 0 Å². The van der Waals surface area contributed by atoms with Crippen LogP contribution in [0, 0.1) is 20.8 Å². The van der Waals surface area contributed by atoms with Crippen LogP contribution in [0.5, 0.6) is 0 Å². The van der Waals surface area contributed by atoms with E-state index >= 15 is 0 Å². The molecule has 0 heterocycles. The molecule has 0 aliphatic rings. The summed E-state index contributed by atoms with van der Waals surface area (Å²) in [7, 11) is 0. The number of halogens is 2. The maximum Gasteiger partial charge on any atom is 0.250 e. The Bertz CT molecular complexity index is 338. The van der Waals surface area contributed by atoms with Crippen LogP contribution in [0.2, 0.25) is 0 Å². The highest BCUT2D eigenvalue weighted by atomic mass is 19.3. The van der Waals surface area contributed by atoms with Gasteiger partial charge in [-0.25, -0.2) is 8.78 Å². The summed E-state index contributed by atoms with van der Waals surface area (Å²) in [5.74, 6) is 0. The molecule has 0 fully saturated rings. The highest BCUT2D eigenvalue weighted by molar-refractivity contribution is 5.39. The monoisotopic (exact) mass is 227 g/mol. The van der Waals surface area contributed by atoms with Crippen molar-refractivity contribution < 1.29 is 8.78 Å². The van der Waals surface area contributed by atoms with Crippen molar-refractivity contribution in [3.63, 3.8) is 0 Å². The van der Waals surface area contributed by atoms with Gasteiger partial charge in [-0.05, 0) is 44.4 Å². The third kappa shape index (κ3) is 3.27. The Kier molecular flexibility index (Phi) is 4.42. The van der Waals surface area contributed by atoms with Crippen molar-refractivity contribution in [2.75, 3.05) is 6.54 Å². The van der Waals surface area contributed by atoms with Gasteiger partial charge in [0, 0.05) is 6.04 Å². The molecule has 0 saturated carbocycles. The average molecular weight is 227 g/mol. The van der Waals surface area contributed by atoms with Crippen molar-refractivity contribution in [2.24, 2.45) is 0 Å². The van der Waals surface area contributed by atoms with Crippen molar-refractivity contribution in [1.82, 2.24) is 5.32 Å². The summed E-state index contributed by atoms with van der Waals surface area (Å²) in [5, 5.41) is 2.85. The van der Waals surface area contributed by atoms with Gasteiger partial charge in [0.2, 0.25) is 0 Å². The van der Waals surface area contributed by atoms with Gasteiger partial charge in [0.15, 0.2) is 0 Å². The van der Waals surface area contributed by atoms with E-state index in [1.807, 2.05) is 27.7 Å². The highest BCUT2D eigenvalue weighted by Gasteiger charge is 2.13. The Hall–Kier alpha value is -0.960. The lowest BCUT2D eigenvalue weighted by Crippen LogP contribution is -2.25. The van der Waals surface area contributed by atoms with Gasteiger partial charge in [0.1, 0.15) is 0 Å². The molecule has 0 aliphatic carbocycles. The highest BCUT2D eigenvalue weighted by Crippen LogP contribution is 2.23. The summed E-state index contributed by atoms with van der Waals surface area (Å²) in [6.07, 6.45) is -2.30. The summed E-state index contributed by atoms with van der Waals surface area (Å²) in [6.45, 7) is 7.76. The molecule has 16 heavy (non-hydrogen) atoms. The second kappa shape index (κ2) is 5.39. The Balaban J connectivity index is 2.86. The van der Waals surface area contributed by atoms with Crippen molar-refractivity contribution in [2.45, 2.75) is 40.2 Å². The van der Waals surface area contributed by atoms with Crippen LogP contribution in [0.4, 0.5) is 8.78 Å². The van der Waals surface area contributed by atoms with E-state index in [4.69, 9.17) is 0 Å². The second-order valence-corrected chi connectivity index (χ2v) is 4.33. The van der Waals surface area contributed by atoms with E-state index in [1.54, 1.807) is 0 Å². The molecule has 0 amide bonds. The smallest absolute Gasteiger partial charge is 0.250 e. The van der Waals surface area contributed by atoms with Gasteiger partial charge in [0.05, 0.1) is 6.54 Å². The first-order chi connectivity index (χ1) is 7.41. The molecule has 0 aromatic heterocycles. The van der Waals surface area contributed by atoms with Crippen LogP contribution in [0.1, 0.15) is 35.2 Å². The van der Waals surface area contributed by atoms with Gasteiger partial charge < -0.3 is 5.32 Å². The first kappa shape index (κ1) is 13.1. The van der Waals surface area contributed by atoms with Crippen LogP contribution in [-0.4, -0.2) is 13.0 Å². The summed E-state index contributed by atoms with van der Waals surface area (Å²) in [4.78, 5) is 0. The lowest BCUT2D eigenvalue weighted by molar-refractivity contribution is 0.142. The van der Waals surface area contributed by atoms with Crippen molar-refractivity contribution >= 4 is 0 Å². The van der Waals surface area contributed by atoms with Crippen molar-refractivity contribution in [3.05, 3.63) is 34.4 Å². The molecule has 1 unspecified atom stereocenters. The van der Waals surface area contributed by atoms with Crippen LogP contribution >= 0.6 is 0 Å². The minimum atomic E-state index is -2.30. The first-order valence-corrected chi connectivity index (χ1v) is 5.51. The Morgan fingerprint density at radius 2 is 1.62 bits per heavy atom.